The molecular formula is C4H4Cl2N2. The fourth-order valence-corrected chi connectivity index (χ4v) is 0.399. The van der Waals surface area contributed by atoms with Crippen molar-refractivity contribution in [3.63, 3.8) is 0 Å². The molecule has 1 aromatic heterocycles. The van der Waals surface area contributed by atoms with Gasteiger partial charge in [0.1, 0.15) is 0 Å². The number of rotatable bonds is 0. The minimum Gasteiger partial charge on any atom is -0.158 e. The zero-order chi connectivity index (χ0) is 5.11. The summed E-state index contributed by atoms with van der Waals surface area (Å²) in [4.78, 5) is 0. The van der Waals surface area contributed by atoms with Crippen molar-refractivity contribution in [3.8, 4) is 0 Å². The van der Waals surface area contributed by atoms with Crippen LogP contribution in [0.2, 0.25) is 5.15 Å². The van der Waals surface area contributed by atoms with Crippen LogP contribution in [0.1, 0.15) is 0 Å². The molecule has 0 aliphatic carbocycles. The summed E-state index contributed by atoms with van der Waals surface area (Å²) in [5.74, 6) is 0. The highest BCUT2D eigenvalue weighted by Crippen LogP contribution is 1.96. The van der Waals surface area contributed by atoms with Crippen LogP contribution in [0.3, 0.4) is 0 Å². The fourth-order valence-electron chi connectivity index (χ4n) is 0.283. The van der Waals surface area contributed by atoms with E-state index in [1.807, 2.05) is 0 Å². The van der Waals surface area contributed by atoms with Crippen LogP contribution in [0.25, 0.3) is 0 Å². The van der Waals surface area contributed by atoms with Crippen LogP contribution in [0.5, 0.6) is 0 Å². The molecule has 2 nitrogen and oxygen atoms in total. The fraction of sp³-hybridized carbons (Fsp3) is 0. The SMILES string of the molecule is Cl.Clc1cccnn1. The van der Waals surface area contributed by atoms with E-state index < -0.39 is 0 Å². The second-order valence-electron chi connectivity index (χ2n) is 1.05. The van der Waals surface area contributed by atoms with E-state index >= 15 is 0 Å². The van der Waals surface area contributed by atoms with E-state index in [2.05, 4.69) is 10.2 Å². The van der Waals surface area contributed by atoms with Crippen molar-refractivity contribution in [2.75, 3.05) is 0 Å². The van der Waals surface area contributed by atoms with Gasteiger partial charge in [-0.25, -0.2) is 0 Å². The molecule has 0 aromatic carbocycles. The van der Waals surface area contributed by atoms with Crippen molar-refractivity contribution in [1.29, 1.82) is 0 Å². The Labute approximate surface area is 58.3 Å². The number of nitrogens with zero attached hydrogens (tertiary/aromatic N) is 2. The van der Waals surface area contributed by atoms with Crippen molar-refractivity contribution in [1.82, 2.24) is 10.2 Å². The lowest BCUT2D eigenvalue weighted by atomic mass is 10.6. The molecule has 0 saturated carbocycles. The van der Waals surface area contributed by atoms with Gasteiger partial charge < -0.3 is 0 Å². The van der Waals surface area contributed by atoms with E-state index in [4.69, 9.17) is 11.6 Å². The van der Waals surface area contributed by atoms with Gasteiger partial charge in [-0.2, -0.15) is 5.10 Å². The standard InChI is InChI=1S/C4H3ClN2.ClH/c5-4-2-1-3-6-7-4;/h1-3H;1H. The van der Waals surface area contributed by atoms with E-state index in [1.54, 1.807) is 18.3 Å². The van der Waals surface area contributed by atoms with Crippen LogP contribution in [-0.4, -0.2) is 10.2 Å². The molecule has 0 atom stereocenters. The van der Waals surface area contributed by atoms with Gasteiger partial charge in [0.25, 0.3) is 0 Å². The first-order chi connectivity index (χ1) is 3.39. The minimum atomic E-state index is 0. The summed E-state index contributed by atoms with van der Waals surface area (Å²) in [6.45, 7) is 0. The first-order valence-electron chi connectivity index (χ1n) is 1.83. The molecule has 0 aliphatic heterocycles. The summed E-state index contributed by atoms with van der Waals surface area (Å²) in [5.41, 5.74) is 0. The third-order valence-corrected chi connectivity index (χ3v) is 0.741. The van der Waals surface area contributed by atoms with Gasteiger partial charge in [-0.05, 0) is 12.1 Å². The van der Waals surface area contributed by atoms with Crippen molar-refractivity contribution >= 4 is 24.0 Å². The van der Waals surface area contributed by atoms with Gasteiger partial charge in [-0.3, -0.25) is 0 Å². The van der Waals surface area contributed by atoms with Gasteiger partial charge in [0.2, 0.25) is 0 Å². The van der Waals surface area contributed by atoms with E-state index in [1.165, 1.54) is 0 Å². The Morgan fingerprint density at radius 3 is 2.50 bits per heavy atom. The molecule has 0 saturated heterocycles. The van der Waals surface area contributed by atoms with Crippen LogP contribution in [0.15, 0.2) is 18.3 Å². The van der Waals surface area contributed by atoms with Crippen LogP contribution in [-0.2, 0) is 0 Å². The smallest absolute Gasteiger partial charge is 0.151 e. The maximum atomic E-state index is 5.37. The third-order valence-electron chi connectivity index (χ3n) is 0.540. The molecule has 0 spiro atoms. The van der Waals surface area contributed by atoms with Crippen LogP contribution in [0.4, 0.5) is 0 Å². The molecule has 0 N–H and O–H groups in total. The second kappa shape index (κ2) is 3.64. The lowest BCUT2D eigenvalue weighted by molar-refractivity contribution is 1.03. The quantitative estimate of drug-likeness (QED) is 0.562. The topological polar surface area (TPSA) is 25.8 Å². The molecule has 1 heterocycles. The number of hydrogen-bond donors (Lipinski definition) is 0. The predicted molar refractivity (Wildman–Crippen MR) is 34.3 cm³/mol. The van der Waals surface area contributed by atoms with Gasteiger partial charge in [0.05, 0.1) is 0 Å². The molecule has 44 valence electrons. The molecule has 1 rings (SSSR count). The predicted octanol–water partition coefficient (Wildman–Crippen LogP) is 1.55. The Hall–Kier alpha value is -0.340. The molecule has 0 amide bonds. The van der Waals surface area contributed by atoms with Crippen molar-refractivity contribution in [2.45, 2.75) is 0 Å². The van der Waals surface area contributed by atoms with Gasteiger partial charge in [-0.1, -0.05) is 11.6 Å². The molecule has 0 aliphatic rings. The van der Waals surface area contributed by atoms with Crippen molar-refractivity contribution in [3.05, 3.63) is 23.5 Å². The maximum absolute atomic E-state index is 5.37. The van der Waals surface area contributed by atoms with Gasteiger partial charge in [-0.15, -0.1) is 17.5 Å². The van der Waals surface area contributed by atoms with Crippen molar-refractivity contribution < 1.29 is 0 Å². The van der Waals surface area contributed by atoms with Gasteiger partial charge in [0, 0.05) is 6.20 Å². The molecular weight excluding hydrogens is 147 g/mol. The largest absolute Gasteiger partial charge is 0.158 e. The highest BCUT2D eigenvalue weighted by Gasteiger charge is 1.78. The molecule has 0 radical (unpaired) electrons. The summed E-state index contributed by atoms with van der Waals surface area (Å²) < 4.78 is 0. The molecule has 0 fully saturated rings. The van der Waals surface area contributed by atoms with E-state index in [0.29, 0.717) is 5.15 Å². The summed E-state index contributed by atoms with van der Waals surface area (Å²) in [7, 11) is 0. The summed E-state index contributed by atoms with van der Waals surface area (Å²) in [6.07, 6.45) is 1.58. The van der Waals surface area contributed by atoms with E-state index in [-0.39, 0.29) is 12.4 Å². The first kappa shape index (κ1) is 7.66. The monoisotopic (exact) mass is 150 g/mol. The average Bonchev–Trinajstić information content (AvgIpc) is 1.69. The summed E-state index contributed by atoms with van der Waals surface area (Å²) in [6, 6.07) is 3.41. The molecule has 4 heteroatoms. The normalized spacial score (nSPS) is 7.62. The first-order valence-corrected chi connectivity index (χ1v) is 2.20. The van der Waals surface area contributed by atoms with Gasteiger partial charge >= 0.3 is 0 Å². The Morgan fingerprint density at radius 1 is 1.50 bits per heavy atom. The Bertz CT molecular complexity index is 142. The Morgan fingerprint density at radius 2 is 2.25 bits per heavy atom. The van der Waals surface area contributed by atoms with Crippen LogP contribution < -0.4 is 0 Å². The van der Waals surface area contributed by atoms with Crippen LogP contribution in [0, 0.1) is 0 Å². The van der Waals surface area contributed by atoms with E-state index in [0.717, 1.165) is 0 Å². The average molecular weight is 151 g/mol. The molecule has 1 aromatic rings. The van der Waals surface area contributed by atoms with Gasteiger partial charge in [0.15, 0.2) is 5.15 Å². The minimum absolute atomic E-state index is 0. The maximum Gasteiger partial charge on any atom is 0.151 e. The summed E-state index contributed by atoms with van der Waals surface area (Å²) in [5, 5.41) is 7.43. The number of aromatic nitrogens is 2. The third kappa shape index (κ3) is 2.09. The highest BCUT2D eigenvalue weighted by molar-refractivity contribution is 6.29. The second-order valence-corrected chi connectivity index (χ2v) is 1.43. The number of hydrogen-bond acceptors (Lipinski definition) is 2. The van der Waals surface area contributed by atoms with Crippen LogP contribution >= 0.6 is 24.0 Å². The van der Waals surface area contributed by atoms with Crippen molar-refractivity contribution in [2.24, 2.45) is 0 Å². The lowest BCUT2D eigenvalue weighted by Crippen LogP contribution is -1.74. The Balaban J connectivity index is 0.000000490. The Kier molecular flexibility index (Phi) is 3.48. The molecule has 8 heavy (non-hydrogen) atoms. The number of halogens is 2. The zero-order valence-corrected chi connectivity index (χ0v) is 5.49. The van der Waals surface area contributed by atoms with E-state index in [9.17, 15) is 0 Å². The summed E-state index contributed by atoms with van der Waals surface area (Å²) >= 11 is 5.37. The highest BCUT2D eigenvalue weighted by atomic mass is 35.5. The lowest BCUT2D eigenvalue weighted by Gasteiger charge is -1.78. The zero-order valence-electron chi connectivity index (χ0n) is 3.91. The molecule has 0 unspecified atom stereocenters. The molecule has 0 bridgehead atoms.